The van der Waals surface area contributed by atoms with E-state index in [9.17, 15) is 4.57 Å². The summed E-state index contributed by atoms with van der Waals surface area (Å²) in [5.41, 5.74) is 0. The van der Waals surface area contributed by atoms with Crippen molar-refractivity contribution in [3.63, 3.8) is 0 Å². The fourth-order valence-corrected chi connectivity index (χ4v) is 3.28. The molecule has 0 aromatic carbocycles. The molecule has 0 saturated carbocycles. The monoisotopic (exact) mass is 401 g/mol. The Balaban J connectivity index is 0. The molecule has 0 spiro atoms. The van der Waals surface area contributed by atoms with Crippen molar-refractivity contribution in [1.29, 1.82) is 0 Å². The number of rotatable bonds is 14. The largest absolute Gasteiger partial charge is 1.00 e. The molecule has 0 bridgehead atoms. The van der Waals surface area contributed by atoms with Crippen molar-refractivity contribution < 1.29 is 35.8 Å². The molecule has 0 rings (SSSR count). The van der Waals surface area contributed by atoms with E-state index >= 15 is 0 Å². The first kappa shape index (κ1) is 24.8. The summed E-state index contributed by atoms with van der Waals surface area (Å²) in [6, 6.07) is 0. The van der Waals surface area contributed by atoms with Crippen LogP contribution in [-0.2, 0) is 4.57 Å². The Bertz CT molecular complexity index is 295. The topological polar surface area (TPSA) is 57.5 Å². The number of hydrogen-bond acceptors (Lipinski definition) is 1. The van der Waals surface area contributed by atoms with E-state index in [2.05, 4.69) is 21.0 Å². The molecule has 0 aliphatic carbocycles. The third-order valence-electron chi connectivity index (χ3n) is 4.08. The van der Waals surface area contributed by atoms with E-state index in [1.165, 1.54) is 51.6 Å². The van der Waals surface area contributed by atoms with Crippen molar-refractivity contribution in [1.82, 2.24) is 0 Å². The van der Waals surface area contributed by atoms with Crippen LogP contribution in [0.15, 0.2) is 0 Å². The van der Waals surface area contributed by atoms with Crippen LogP contribution in [0.5, 0.6) is 0 Å². The molecular weight excluding hydrogens is 365 g/mol. The summed E-state index contributed by atoms with van der Waals surface area (Å²) in [6.07, 6.45) is 12.0. The van der Waals surface area contributed by atoms with Gasteiger partial charge in [-0.3, -0.25) is 4.57 Å². The molecule has 6 heteroatoms. The zero-order chi connectivity index (χ0) is 16.2. The summed E-state index contributed by atoms with van der Waals surface area (Å²) in [5.74, 6) is 0. The van der Waals surface area contributed by atoms with Gasteiger partial charge in [0.05, 0.1) is 27.2 Å². The fraction of sp³-hybridized carbons (Fsp3) is 1.00. The van der Waals surface area contributed by atoms with E-state index in [4.69, 9.17) is 9.79 Å². The van der Waals surface area contributed by atoms with Crippen LogP contribution in [0.25, 0.3) is 0 Å². The van der Waals surface area contributed by atoms with Crippen molar-refractivity contribution >= 4 is 7.60 Å². The van der Waals surface area contributed by atoms with Crippen molar-refractivity contribution in [2.45, 2.75) is 71.1 Å². The van der Waals surface area contributed by atoms with E-state index in [0.717, 1.165) is 23.7 Å². The normalized spacial score (nSPS) is 12.2. The van der Waals surface area contributed by atoms with Gasteiger partial charge in [-0.15, -0.1) is 0 Å². The lowest BCUT2D eigenvalue weighted by Crippen LogP contribution is -3.00. The van der Waals surface area contributed by atoms with Crippen LogP contribution in [0.1, 0.15) is 71.1 Å². The molecule has 22 heavy (non-hydrogen) atoms. The van der Waals surface area contributed by atoms with Crippen molar-refractivity contribution in [2.24, 2.45) is 0 Å². The van der Waals surface area contributed by atoms with Gasteiger partial charge in [-0.1, -0.05) is 39.0 Å². The van der Waals surface area contributed by atoms with Crippen molar-refractivity contribution in [2.75, 3.05) is 33.3 Å². The molecule has 0 fully saturated rings. The molecule has 0 aliphatic heterocycles. The van der Waals surface area contributed by atoms with Gasteiger partial charge in [0, 0.05) is 6.16 Å². The molecule has 0 unspecified atom stereocenters. The molecule has 0 radical (unpaired) electrons. The fourth-order valence-electron chi connectivity index (χ4n) is 2.64. The van der Waals surface area contributed by atoms with Crippen LogP contribution < -0.4 is 17.0 Å². The molecule has 0 aromatic heterocycles. The average Bonchev–Trinajstić information content (AvgIpc) is 2.36. The Morgan fingerprint density at radius 2 is 1.18 bits per heavy atom. The molecule has 0 aromatic rings. The lowest BCUT2D eigenvalue weighted by molar-refractivity contribution is -0.890. The summed E-state index contributed by atoms with van der Waals surface area (Å²) < 4.78 is 11.8. The van der Waals surface area contributed by atoms with E-state index in [0.29, 0.717) is 6.42 Å². The predicted octanol–water partition coefficient (Wildman–Crippen LogP) is 1.17. The van der Waals surface area contributed by atoms with Crippen LogP contribution >= 0.6 is 7.60 Å². The smallest absolute Gasteiger partial charge is 0.325 e. The first-order valence-electron chi connectivity index (χ1n) is 8.63. The summed E-state index contributed by atoms with van der Waals surface area (Å²) in [5, 5.41) is 0. The maximum Gasteiger partial charge on any atom is 0.325 e. The van der Waals surface area contributed by atoms with E-state index in [-0.39, 0.29) is 23.1 Å². The molecule has 0 heterocycles. The number of nitrogens with zero attached hydrogens (tertiary/aromatic N) is 1. The minimum absolute atomic E-state index is 0. The van der Waals surface area contributed by atoms with Gasteiger partial charge in [0.1, 0.15) is 0 Å². The Morgan fingerprint density at radius 1 is 0.773 bits per heavy atom. The highest BCUT2D eigenvalue weighted by molar-refractivity contribution is 7.51. The number of halogens is 1. The highest BCUT2D eigenvalue weighted by Crippen LogP contribution is 2.35. The number of quaternary nitrogens is 1. The van der Waals surface area contributed by atoms with Crippen LogP contribution in [0.2, 0.25) is 0 Å². The average molecular weight is 402 g/mol. The molecule has 0 saturated heterocycles. The minimum atomic E-state index is -3.78. The standard InChI is InChI=1S/C16H36NO3P.BrH/c1-4-5-6-7-8-11-14-17(2,3)15-12-9-10-13-16-21(18,19)20;/h4-16H2,1-3H3,(H-,18,19,20);1H. The van der Waals surface area contributed by atoms with E-state index in [1.54, 1.807) is 0 Å². The summed E-state index contributed by atoms with van der Waals surface area (Å²) in [6.45, 7) is 4.67. The second-order valence-electron chi connectivity index (χ2n) is 6.95. The highest BCUT2D eigenvalue weighted by atomic mass is 79.9. The van der Waals surface area contributed by atoms with Gasteiger partial charge in [-0.2, -0.15) is 0 Å². The summed E-state index contributed by atoms with van der Waals surface area (Å²) in [7, 11) is 0.809. The predicted molar refractivity (Wildman–Crippen MR) is 90.6 cm³/mol. The second kappa shape index (κ2) is 14.0. The van der Waals surface area contributed by atoms with Gasteiger partial charge < -0.3 is 31.3 Å². The van der Waals surface area contributed by atoms with Crippen LogP contribution in [0.3, 0.4) is 0 Å². The first-order valence-corrected chi connectivity index (χ1v) is 10.4. The molecule has 0 aliphatic rings. The lowest BCUT2D eigenvalue weighted by atomic mass is 10.1. The molecule has 0 atom stereocenters. The third-order valence-corrected chi connectivity index (χ3v) is 4.98. The third kappa shape index (κ3) is 18.6. The van der Waals surface area contributed by atoms with Crippen molar-refractivity contribution in [3.05, 3.63) is 0 Å². The second-order valence-corrected chi connectivity index (χ2v) is 8.73. The van der Waals surface area contributed by atoms with Crippen molar-refractivity contribution in [3.8, 4) is 0 Å². The number of unbranched alkanes of at least 4 members (excludes halogenated alkanes) is 8. The van der Waals surface area contributed by atoms with Crippen LogP contribution in [-0.4, -0.2) is 47.6 Å². The quantitative estimate of drug-likeness (QED) is 0.261. The van der Waals surface area contributed by atoms with E-state index in [1.807, 2.05) is 0 Å². The maximum atomic E-state index is 10.7. The van der Waals surface area contributed by atoms with Gasteiger partial charge in [-0.25, -0.2) is 0 Å². The zero-order valence-corrected chi connectivity index (χ0v) is 17.2. The van der Waals surface area contributed by atoms with Gasteiger partial charge >= 0.3 is 7.60 Å². The van der Waals surface area contributed by atoms with Gasteiger partial charge in [0.15, 0.2) is 0 Å². The Hall–Kier alpha value is 0.590. The van der Waals surface area contributed by atoms with Gasteiger partial charge in [-0.05, 0) is 32.1 Å². The SMILES string of the molecule is CCCCCCCC[N+](C)(C)CCCCCCP(=O)(O)O.[Br-]. The molecule has 2 N–H and O–H groups in total. The van der Waals surface area contributed by atoms with Crippen LogP contribution in [0.4, 0.5) is 0 Å². The van der Waals surface area contributed by atoms with E-state index < -0.39 is 7.60 Å². The zero-order valence-electron chi connectivity index (χ0n) is 14.8. The molecule has 4 nitrogen and oxygen atoms in total. The summed E-state index contributed by atoms with van der Waals surface area (Å²) >= 11 is 0. The van der Waals surface area contributed by atoms with Gasteiger partial charge in [0.2, 0.25) is 0 Å². The molecular formula is C16H37BrNO3P. The van der Waals surface area contributed by atoms with Gasteiger partial charge in [0.25, 0.3) is 0 Å². The molecule has 0 amide bonds. The number of hydrogen-bond donors (Lipinski definition) is 2. The minimum Gasteiger partial charge on any atom is -1.00 e. The Morgan fingerprint density at radius 3 is 1.64 bits per heavy atom. The lowest BCUT2D eigenvalue weighted by Gasteiger charge is -2.30. The summed E-state index contributed by atoms with van der Waals surface area (Å²) in [4.78, 5) is 17.6. The maximum absolute atomic E-state index is 10.7. The molecule has 136 valence electrons. The Labute approximate surface area is 148 Å². The first-order chi connectivity index (χ1) is 9.77. The highest BCUT2D eigenvalue weighted by Gasteiger charge is 2.14. The Kier molecular flexibility index (Phi) is 15.8. The van der Waals surface area contributed by atoms with Crippen LogP contribution in [0, 0.1) is 0 Å².